The van der Waals surface area contributed by atoms with Gasteiger partial charge in [0.05, 0.1) is 17.1 Å². The van der Waals surface area contributed by atoms with Crippen LogP contribution in [0.15, 0.2) is 18.2 Å². The van der Waals surface area contributed by atoms with Crippen LogP contribution in [0.2, 0.25) is 0 Å². The third-order valence-corrected chi connectivity index (χ3v) is 3.00. The molecule has 106 valence electrons. The van der Waals surface area contributed by atoms with Gasteiger partial charge in [0, 0.05) is 0 Å². The van der Waals surface area contributed by atoms with Crippen LogP contribution in [-0.2, 0) is 0 Å². The summed E-state index contributed by atoms with van der Waals surface area (Å²) in [5.41, 5.74) is 7.83. The van der Waals surface area contributed by atoms with Crippen LogP contribution in [-0.4, -0.2) is 16.1 Å². The number of nitrogens with two attached hydrogens (primary N) is 1. The molecule has 0 aliphatic heterocycles. The largest absolute Gasteiger partial charge is 0.395 e. The van der Waals surface area contributed by atoms with Gasteiger partial charge in [-0.05, 0) is 30.5 Å². The number of amides is 1. The SMILES string of the molecule is Cc1ccc(NC(=O)c2n[nH]c(C(C)C)c2N)c(F)c1. The average Bonchev–Trinajstić information content (AvgIpc) is 2.74. The third kappa shape index (κ3) is 2.64. The van der Waals surface area contributed by atoms with Gasteiger partial charge < -0.3 is 11.1 Å². The highest BCUT2D eigenvalue weighted by Crippen LogP contribution is 2.23. The molecule has 1 heterocycles. The maximum Gasteiger partial charge on any atom is 0.278 e. The van der Waals surface area contributed by atoms with E-state index in [4.69, 9.17) is 5.73 Å². The maximum atomic E-state index is 13.7. The van der Waals surface area contributed by atoms with E-state index in [-0.39, 0.29) is 17.3 Å². The van der Waals surface area contributed by atoms with Crippen molar-refractivity contribution in [2.24, 2.45) is 0 Å². The van der Waals surface area contributed by atoms with Crippen LogP contribution in [0.3, 0.4) is 0 Å². The minimum atomic E-state index is -0.534. The molecule has 20 heavy (non-hydrogen) atoms. The number of aryl methyl sites for hydroxylation is 1. The Hall–Kier alpha value is -2.37. The van der Waals surface area contributed by atoms with Gasteiger partial charge in [-0.25, -0.2) is 4.39 Å². The van der Waals surface area contributed by atoms with Crippen LogP contribution < -0.4 is 11.1 Å². The summed E-state index contributed by atoms with van der Waals surface area (Å²) < 4.78 is 13.7. The fraction of sp³-hybridized carbons (Fsp3) is 0.286. The lowest BCUT2D eigenvalue weighted by Gasteiger charge is -2.06. The van der Waals surface area contributed by atoms with Crippen LogP contribution in [0.25, 0.3) is 0 Å². The van der Waals surface area contributed by atoms with E-state index in [9.17, 15) is 9.18 Å². The van der Waals surface area contributed by atoms with Crippen LogP contribution in [0.5, 0.6) is 0 Å². The van der Waals surface area contributed by atoms with Gasteiger partial charge in [-0.1, -0.05) is 19.9 Å². The Morgan fingerprint density at radius 2 is 2.15 bits per heavy atom. The molecule has 0 bridgehead atoms. The van der Waals surface area contributed by atoms with Crippen LogP contribution in [0, 0.1) is 12.7 Å². The number of aromatic amines is 1. The van der Waals surface area contributed by atoms with Crippen molar-refractivity contribution in [2.75, 3.05) is 11.1 Å². The van der Waals surface area contributed by atoms with Crippen molar-refractivity contribution in [1.82, 2.24) is 10.2 Å². The predicted molar refractivity (Wildman–Crippen MR) is 76.2 cm³/mol. The summed E-state index contributed by atoms with van der Waals surface area (Å²) in [5.74, 6) is -0.898. The molecule has 2 rings (SSSR count). The van der Waals surface area contributed by atoms with E-state index in [2.05, 4.69) is 15.5 Å². The number of anilines is 2. The second-order valence-corrected chi connectivity index (χ2v) is 4.99. The number of nitrogens with one attached hydrogen (secondary N) is 2. The number of rotatable bonds is 3. The lowest BCUT2D eigenvalue weighted by molar-refractivity contribution is 0.102. The molecule has 0 aliphatic rings. The second kappa shape index (κ2) is 5.32. The minimum Gasteiger partial charge on any atom is -0.395 e. The van der Waals surface area contributed by atoms with Crippen molar-refractivity contribution in [3.05, 3.63) is 41.0 Å². The van der Waals surface area contributed by atoms with Gasteiger partial charge in [0.15, 0.2) is 5.69 Å². The summed E-state index contributed by atoms with van der Waals surface area (Å²) >= 11 is 0. The van der Waals surface area contributed by atoms with Gasteiger partial charge in [-0.3, -0.25) is 9.89 Å². The van der Waals surface area contributed by atoms with Crippen molar-refractivity contribution in [2.45, 2.75) is 26.7 Å². The fourth-order valence-electron chi connectivity index (χ4n) is 1.88. The smallest absolute Gasteiger partial charge is 0.278 e. The van der Waals surface area contributed by atoms with E-state index < -0.39 is 11.7 Å². The summed E-state index contributed by atoms with van der Waals surface area (Å²) in [6.07, 6.45) is 0. The van der Waals surface area contributed by atoms with E-state index in [1.54, 1.807) is 13.0 Å². The molecule has 0 unspecified atom stereocenters. The Labute approximate surface area is 116 Å². The van der Waals surface area contributed by atoms with Gasteiger partial charge >= 0.3 is 0 Å². The Bertz CT molecular complexity index is 649. The van der Waals surface area contributed by atoms with E-state index >= 15 is 0 Å². The van der Waals surface area contributed by atoms with Gasteiger partial charge in [0.25, 0.3) is 5.91 Å². The zero-order chi connectivity index (χ0) is 14.9. The minimum absolute atomic E-state index is 0.0775. The number of carbonyl (C=O) groups excluding carboxylic acids is 1. The monoisotopic (exact) mass is 276 g/mol. The van der Waals surface area contributed by atoms with Gasteiger partial charge in [0.1, 0.15) is 5.82 Å². The highest BCUT2D eigenvalue weighted by atomic mass is 19.1. The number of carbonyl (C=O) groups is 1. The highest BCUT2D eigenvalue weighted by molar-refractivity contribution is 6.06. The third-order valence-electron chi connectivity index (χ3n) is 3.00. The normalized spacial score (nSPS) is 10.8. The predicted octanol–water partition coefficient (Wildman–Crippen LogP) is 2.82. The van der Waals surface area contributed by atoms with Crippen molar-refractivity contribution < 1.29 is 9.18 Å². The molecule has 6 heteroatoms. The Morgan fingerprint density at radius 1 is 1.45 bits per heavy atom. The standard InChI is InChI=1S/C14H17FN4O/c1-7(2)12-11(16)13(19-18-12)14(20)17-10-5-4-8(3)6-9(10)15/h4-7H,16H2,1-3H3,(H,17,20)(H,18,19). The molecule has 0 radical (unpaired) electrons. The van der Waals surface area contributed by atoms with Crippen molar-refractivity contribution in [1.29, 1.82) is 0 Å². The molecule has 0 atom stereocenters. The number of hydrogen-bond acceptors (Lipinski definition) is 3. The molecular formula is C14H17FN4O. The van der Waals surface area contributed by atoms with E-state index in [1.165, 1.54) is 12.1 Å². The van der Waals surface area contributed by atoms with Crippen LogP contribution >= 0.6 is 0 Å². The second-order valence-electron chi connectivity index (χ2n) is 4.99. The van der Waals surface area contributed by atoms with Crippen LogP contribution in [0.1, 0.15) is 41.5 Å². The average molecular weight is 276 g/mol. The summed E-state index contributed by atoms with van der Waals surface area (Å²) in [4.78, 5) is 12.1. The van der Waals surface area contributed by atoms with Gasteiger partial charge in [-0.2, -0.15) is 5.10 Å². The zero-order valence-corrected chi connectivity index (χ0v) is 11.6. The maximum absolute atomic E-state index is 13.7. The summed E-state index contributed by atoms with van der Waals surface area (Å²) in [6.45, 7) is 5.64. The number of aromatic nitrogens is 2. The zero-order valence-electron chi connectivity index (χ0n) is 11.6. The molecule has 1 aromatic carbocycles. The number of H-pyrrole nitrogens is 1. The quantitative estimate of drug-likeness (QED) is 0.806. The molecule has 2 aromatic rings. The lowest BCUT2D eigenvalue weighted by atomic mass is 10.1. The van der Waals surface area contributed by atoms with E-state index in [0.29, 0.717) is 11.4 Å². The Balaban J connectivity index is 2.24. The first-order valence-electron chi connectivity index (χ1n) is 6.31. The number of nitrogen functional groups attached to an aromatic ring is 1. The summed E-state index contributed by atoms with van der Waals surface area (Å²) in [7, 11) is 0. The first-order chi connectivity index (χ1) is 9.40. The van der Waals surface area contributed by atoms with E-state index in [0.717, 1.165) is 5.56 Å². The summed E-state index contributed by atoms with van der Waals surface area (Å²) in [6, 6.07) is 4.57. The molecule has 0 saturated carbocycles. The number of nitrogens with zero attached hydrogens (tertiary/aromatic N) is 1. The molecule has 0 spiro atoms. The Kier molecular flexibility index (Phi) is 3.74. The molecular weight excluding hydrogens is 259 g/mol. The molecule has 4 N–H and O–H groups in total. The molecule has 5 nitrogen and oxygen atoms in total. The fourth-order valence-corrected chi connectivity index (χ4v) is 1.88. The van der Waals surface area contributed by atoms with Crippen molar-refractivity contribution in [3.63, 3.8) is 0 Å². The highest BCUT2D eigenvalue weighted by Gasteiger charge is 2.19. The first kappa shape index (κ1) is 14.0. The topological polar surface area (TPSA) is 83.8 Å². The first-order valence-corrected chi connectivity index (χ1v) is 6.31. The number of halogens is 1. The molecule has 1 amide bonds. The van der Waals surface area contributed by atoms with Crippen molar-refractivity contribution >= 4 is 17.3 Å². The van der Waals surface area contributed by atoms with E-state index in [1.807, 2.05) is 13.8 Å². The Morgan fingerprint density at radius 3 is 2.70 bits per heavy atom. The molecule has 1 aromatic heterocycles. The van der Waals surface area contributed by atoms with Crippen LogP contribution in [0.4, 0.5) is 15.8 Å². The molecule has 0 saturated heterocycles. The molecule has 0 aliphatic carbocycles. The van der Waals surface area contributed by atoms with Gasteiger partial charge in [0.2, 0.25) is 0 Å². The molecule has 0 fully saturated rings. The number of hydrogen-bond donors (Lipinski definition) is 3. The lowest BCUT2D eigenvalue weighted by Crippen LogP contribution is -2.15. The number of benzene rings is 1. The summed E-state index contributed by atoms with van der Waals surface area (Å²) in [5, 5.41) is 9.10. The van der Waals surface area contributed by atoms with Crippen molar-refractivity contribution in [3.8, 4) is 0 Å². The van der Waals surface area contributed by atoms with Gasteiger partial charge in [-0.15, -0.1) is 0 Å².